The number of aromatic nitrogens is 1. The molecule has 2 heterocycles. The molecule has 0 bridgehead atoms. The van der Waals surface area contributed by atoms with Crippen LogP contribution >= 0.6 is 11.6 Å². The number of fused-ring (bicyclic) bond motifs is 1. The van der Waals surface area contributed by atoms with Gasteiger partial charge in [-0.3, -0.25) is 9.88 Å². The van der Waals surface area contributed by atoms with E-state index in [-0.39, 0.29) is 5.75 Å². The molecule has 0 saturated heterocycles. The van der Waals surface area contributed by atoms with E-state index >= 15 is 0 Å². The van der Waals surface area contributed by atoms with E-state index in [0.717, 1.165) is 29.9 Å². The van der Waals surface area contributed by atoms with Gasteiger partial charge < -0.3 is 9.84 Å². The molecular formula is C20H23ClN2O2. The zero-order chi connectivity index (χ0) is 17.2. The van der Waals surface area contributed by atoms with Crippen LogP contribution in [0.15, 0.2) is 30.5 Å². The number of aromatic hydroxyl groups is 1. The Bertz CT molecular complexity index is 742. The van der Waals surface area contributed by atoms with Crippen molar-refractivity contribution in [3.8, 4) is 22.8 Å². The molecule has 4 rings (SSSR count). The first-order valence-corrected chi connectivity index (χ1v) is 9.43. The fraction of sp³-hybridized carbons (Fsp3) is 0.450. The topological polar surface area (TPSA) is 45.6 Å². The van der Waals surface area contributed by atoms with Gasteiger partial charge in [-0.05, 0) is 37.1 Å². The third-order valence-electron chi connectivity index (χ3n) is 5.26. The van der Waals surface area contributed by atoms with Crippen LogP contribution < -0.4 is 4.74 Å². The van der Waals surface area contributed by atoms with Crippen LogP contribution in [-0.2, 0) is 6.54 Å². The molecule has 2 aliphatic rings. The highest BCUT2D eigenvalue weighted by atomic mass is 35.5. The molecule has 2 aromatic rings. The highest BCUT2D eigenvalue weighted by Crippen LogP contribution is 2.38. The molecule has 1 fully saturated rings. The van der Waals surface area contributed by atoms with Gasteiger partial charge in [0.25, 0.3) is 0 Å². The molecule has 1 N–H and O–H groups in total. The lowest BCUT2D eigenvalue weighted by atomic mass is 9.93. The molecule has 1 aromatic carbocycles. The van der Waals surface area contributed by atoms with E-state index in [4.69, 9.17) is 16.3 Å². The monoisotopic (exact) mass is 358 g/mol. The molecule has 1 aliphatic heterocycles. The van der Waals surface area contributed by atoms with E-state index in [1.807, 2.05) is 12.1 Å². The Morgan fingerprint density at radius 1 is 1.16 bits per heavy atom. The second kappa shape index (κ2) is 7.22. The number of benzene rings is 1. The summed E-state index contributed by atoms with van der Waals surface area (Å²) in [6, 6.07) is 8.14. The quantitative estimate of drug-likeness (QED) is 0.849. The largest absolute Gasteiger partial charge is 0.504 e. The second-order valence-electron chi connectivity index (χ2n) is 6.96. The third-order valence-corrected chi connectivity index (χ3v) is 5.48. The summed E-state index contributed by atoms with van der Waals surface area (Å²) >= 11 is 5.93. The maximum absolute atomic E-state index is 10.5. The van der Waals surface area contributed by atoms with Gasteiger partial charge in [0.15, 0.2) is 11.5 Å². The highest BCUT2D eigenvalue weighted by Gasteiger charge is 2.26. The smallest absolute Gasteiger partial charge is 0.165 e. The van der Waals surface area contributed by atoms with Gasteiger partial charge in [-0.2, -0.15) is 0 Å². The van der Waals surface area contributed by atoms with Crippen molar-refractivity contribution in [2.75, 3.05) is 13.2 Å². The van der Waals surface area contributed by atoms with Crippen LogP contribution in [0.2, 0.25) is 5.02 Å². The Hall–Kier alpha value is -1.78. The predicted octanol–water partition coefficient (Wildman–Crippen LogP) is 4.63. The Labute approximate surface area is 153 Å². The molecule has 0 unspecified atom stereocenters. The van der Waals surface area contributed by atoms with Crippen LogP contribution in [0.3, 0.4) is 0 Å². The van der Waals surface area contributed by atoms with Crippen LogP contribution in [0.5, 0.6) is 11.5 Å². The molecule has 0 amide bonds. The zero-order valence-electron chi connectivity index (χ0n) is 14.2. The van der Waals surface area contributed by atoms with Crippen molar-refractivity contribution in [1.29, 1.82) is 0 Å². The lowest BCUT2D eigenvalue weighted by molar-refractivity contribution is 0.136. The molecule has 4 nitrogen and oxygen atoms in total. The standard InChI is InChI=1S/C20H23ClN2O2/c21-16-6-7-18(22-12-16)14-10-15-13-23(17-4-2-1-3-5-17)8-9-25-20(15)19(24)11-14/h6-7,10-12,17,24H,1-5,8-9,13H2. The summed E-state index contributed by atoms with van der Waals surface area (Å²) in [5, 5.41) is 11.1. The van der Waals surface area contributed by atoms with E-state index in [0.29, 0.717) is 23.4 Å². The maximum Gasteiger partial charge on any atom is 0.165 e. The first-order valence-electron chi connectivity index (χ1n) is 9.05. The van der Waals surface area contributed by atoms with Gasteiger partial charge in [0.2, 0.25) is 0 Å². The maximum atomic E-state index is 10.5. The molecule has 1 aliphatic carbocycles. The van der Waals surface area contributed by atoms with Crippen LogP contribution in [-0.4, -0.2) is 34.2 Å². The molecule has 25 heavy (non-hydrogen) atoms. The van der Waals surface area contributed by atoms with Crippen molar-refractivity contribution in [1.82, 2.24) is 9.88 Å². The van der Waals surface area contributed by atoms with Crippen LogP contribution in [0.25, 0.3) is 11.3 Å². The normalized spacial score (nSPS) is 19.1. The number of hydrogen-bond donors (Lipinski definition) is 1. The number of ether oxygens (including phenoxy) is 1. The van der Waals surface area contributed by atoms with E-state index in [1.54, 1.807) is 12.3 Å². The Balaban J connectivity index is 1.65. The number of rotatable bonds is 2. The van der Waals surface area contributed by atoms with Gasteiger partial charge >= 0.3 is 0 Å². The summed E-state index contributed by atoms with van der Waals surface area (Å²) < 4.78 is 5.88. The van der Waals surface area contributed by atoms with Crippen molar-refractivity contribution in [2.45, 2.75) is 44.7 Å². The van der Waals surface area contributed by atoms with Crippen LogP contribution in [0.4, 0.5) is 0 Å². The van der Waals surface area contributed by atoms with E-state index in [9.17, 15) is 5.11 Å². The Morgan fingerprint density at radius 2 is 2.00 bits per heavy atom. The minimum absolute atomic E-state index is 0.190. The van der Waals surface area contributed by atoms with E-state index in [1.165, 1.54) is 32.1 Å². The molecule has 1 saturated carbocycles. The first-order chi connectivity index (χ1) is 12.2. The highest BCUT2D eigenvalue weighted by molar-refractivity contribution is 6.30. The summed E-state index contributed by atoms with van der Waals surface area (Å²) in [5.41, 5.74) is 2.73. The summed E-state index contributed by atoms with van der Waals surface area (Å²) in [6.45, 7) is 2.35. The van der Waals surface area contributed by atoms with Gasteiger partial charge in [0.1, 0.15) is 6.61 Å². The van der Waals surface area contributed by atoms with E-state index in [2.05, 4.69) is 16.0 Å². The summed E-state index contributed by atoms with van der Waals surface area (Å²) in [5.74, 6) is 0.811. The predicted molar refractivity (Wildman–Crippen MR) is 99.1 cm³/mol. The molecule has 5 heteroatoms. The SMILES string of the molecule is Oc1cc(-c2ccc(Cl)cn2)cc2c1OCCN(C1CCCCC1)C2. The molecule has 132 valence electrons. The zero-order valence-corrected chi connectivity index (χ0v) is 15.0. The van der Waals surface area contributed by atoms with Crippen molar-refractivity contribution < 1.29 is 9.84 Å². The minimum atomic E-state index is 0.190. The lowest BCUT2D eigenvalue weighted by Gasteiger charge is -2.33. The third kappa shape index (κ3) is 3.60. The molecule has 1 aromatic heterocycles. The summed E-state index contributed by atoms with van der Waals surface area (Å²) in [7, 11) is 0. The summed E-state index contributed by atoms with van der Waals surface area (Å²) in [4.78, 5) is 6.89. The summed E-state index contributed by atoms with van der Waals surface area (Å²) in [6.07, 6.45) is 8.14. The molecule has 0 spiro atoms. The van der Waals surface area contributed by atoms with Gasteiger partial charge in [0, 0.05) is 36.5 Å². The lowest BCUT2D eigenvalue weighted by Crippen LogP contribution is -2.37. The van der Waals surface area contributed by atoms with Gasteiger partial charge in [-0.1, -0.05) is 30.9 Å². The Kier molecular flexibility index (Phi) is 4.82. The number of phenolic OH excluding ortho intramolecular Hbond substituents is 1. The van der Waals surface area contributed by atoms with E-state index < -0.39 is 0 Å². The molecular weight excluding hydrogens is 336 g/mol. The van der Waals surface area contributed by atoms with Gasteiger partial charge in [0.05, 0.1) is 10.7 Å². The van der Waals surface area contributed by atoms with Crippen molar-refractivity contribution in [2.24, 2.45) is 0 Å². The van der Waals surface area contributed by atoms with Crippen molar-refractivity contribution >= 4 is 11.6 Å². The van der Waals surface area contributed by atoms with Gasteiger partial charge in [-0.15, -0.1) is 0 Å². The van der Waals surface area contributed by atoms with Crippen LogP contribution in [0, 0.1) is 0 Å². The van der Waals surface area contributed by atoms with Crippen molar-refractivity contribution in [3.63, 3.8) is 0 Å². The number of nitrogens with zero attached hydrogens (tertiary/aromatic N) is 2. The fourth-order valence-electron chi connectivity index (χ4n) is 3.97. The minimum Gasteiger partial charge on any atom is -0.504 e. The second-order valence-corrected chi connectivity index (χ2v) is 7.39. The Morgan fingerprint density at radius 3 is 2.76 bits per heavy atom. The van der Waals surface area contributed by atoms with Crippen molar-refractivity contribution in [3.05, 3.63) is 41.0 Å². The average Bonchev–Trinajstić information content (AvgIpc) is 2.86. The molecule has 0 atom stereocenters. The number of hydrogen-bond acceptors (Lipinski definition) is 4. The molecule has 0 radical (unpaired) electrons. The number of halogens is 1. The average molecular weight is 359 g/mol. The fourth-order valence-corrected chi connectivity index (χ4v) is 4.08. The number of phenols is 1. The van der Waals surface area contributed by atoms with Crippen LogP contribution in [0.1, 0.15) is 37.7 Å². The van der Waals surface area contributed by atoms with Gasteiger partial charge in [-0.25, -0.2) is 0 Å². The number of pyridine rings is 1. The first kappa shape index (κ1) is 16.7.